The zero-order valence-electron chi connectivity index (χ0n) is 16.4. The summed E-state index contributed by atoms with van der Waals surface area (Å²) in [7, 11) is 1.40. The average molecular weight is 389 g/mol. The maximum atomic E-state index is 12.8. The number of carbonyl (C=O) groups is 2. The van der Waals surface area contributed by atoms with Crippen LogP contribution in [0.2, 0.25) is 0 Å². The lowest BCUT2D eigenvalue weighted by Gasteiger charge is -2.28. The van der Waals surface area contributed by atoms with E-state index in [9.17, 15) is 14.7 Å². The van der Waals surface area contributed by atoms with Crippen molar-refractivity contribution in [2.45, 2.75) is 13.5 Å². The highest BCUT2D eigenvalue weighted by molar-refractivity contribution is 6.06. The maximum absolute atomic E-state index is 12.8. The molecule has 1 N–H and O–H groups in total. The number of rotatable bonds is 7. The fourth-order valence-corrected chi connectivity index (χ4v) is 3.28. The molecule has 1 aromatic carbocycles. The van der Waals surface area contributed by atoms with Gasteiger partial charge in [0.25, 0.3) is 11.8 Å². The Morgan fingerprint density at radius 1 is 1.21 bits per heavy atom. The Morgan fingerprint density at radius 3 is 2.54 bits per heavy atom. The van der Waals surface area contributed by atoms with Crippen molar-refractivity contribution in [2.75, 3.05) is 53.0 Å². The van der Waals surface area contributed by atoms with Gasteiger partial charge in [0.15, 0.2) is 5.76 Å². The van der Waals surface area contributed by atoms with Gasteiger partial charge in [-0.2, -0.15) is 0 Å². The minimum absolute atomic E-state index is 0.0703. The summed E-state index contributed by atoms with van der Waals surface area (Å²) in [5, 5.41) is 11.4. The van der Waals surface area contributed by atoms with Crippen LogP contribution in [0.1, 0.15) is 11.1 Å². The quantitative estimate of drug-likeness (QED) is 0.697. The van der Waals surface area contributed by atoms with E-state index in [0.29, 0.717) is 26.3 Å². The van der Waals surface area contributed by atoms with Gasteiger partial charge in [0.1, 0.15) is 0 Å². The number of aliphatic hydroxyl groups excluding tert-OH is 1. The zero-order valence-corrected chi connectivity index (χ0v) is 16.4. The summed E-state index contributed by atoms with van der Waals surface area (Å²) in [5.74, 6) is -1.50. The van der Waals surface area contributed by atoms with Crippen LogP contribution >= 0.6 is 0 Å². The summed E-state index contributed by atoms with van der Waals surface area (Å²) in [6.07, 6.45) is 0. The van der Waals surface area contributed by atoms with E-state index in [1.165, 1.54) is 12.0 Å². The number of amides is 2. The van der Waals surface area contributed by atoms with Crippen LogP contribution in [-0.4, -0.2) is 84.8 Å². The minimum Gasteiger partial charge on any atom is -0.503 e. The van der Waals surface area contributed by atoms with Gasteiger partial charge in [0, 0.05) is 26.2 Å². The first-order valence-corrected chi connectivity index (χ1v) is 9.42. The standard InChI is InChI=1S/C20H27N3O5/c1-15-3-5-16(6-4-15)13-23(27-2)19(25)17-14-22(20(26)18(17)24)8-7-21-9-11-28-12-10-21/h3-6,24H,7-14H2,1-2H3. The molecule has 2 amide bonds. The fraction of sp³-hybridized carbons (Fsp3) is 0.500. The summed E-state index contributed by atoms with van der Waals surface area (Å²) in [6.45, 7) is 6.44. The molecule has 0 radical (unpaired) electrons. The Morgan fingerprint density at radius 2 is 1.89 bits per heavy atom. The van der Waals surface area contributed by atoms with Gasteiger partial charge in [-0.1, -0.05) is 29.8 Å². The smallest absolute Gasteiger partial charge is 0.289 e. The van der Waals surface area contributed by atoms with Crippen LogP contribution in [0.15, 0.2) is 35.6 Å². The second-order valence-electron chi connectivity index (χ2n) is 7.02. The first-order valence-electron chi connectivity index (χ1n) is 9.42. The number of nitrogens with zero attached hydrogens (tertiary/aromatic N) is 3. The molecule has 0 saturated carbocycles. The Balaban J connectivity index is 1.61. The second-order valence-corrected chi connectivity index (χ2v) is 7.02. The third kappa shape index (κ3) is 4.70. The predicted molar refractivity (Wildman–Crippen MR) is 102 cm³/mol. The molecule has 1 fully saturated rings. The lowest BCUT2D eigenvalue weighted by Crippen LogP contribution is -2.42. The van der Waals surface area contributed by atoms with E-state index in [-0.39, 0.29) is 18.7 Å². The average Bonchev–Trinajstić information content (AvgIpc) is 3.00. The van der Waals surface area contributed by atoms with Crippen molar-refractivity contribution < 1.29 is 24.3 Å². The molecular weight excluding hydrogens is 362 g/mol. The largest absolute Gasteiger partial charge is 0.503 e. The Hall–Kier alpha value is -2.42. The molecule has 0 atom stereocenters. The van der Waals surface area contributed by atoms with Crippen molar-refractivity contribution in [2.24, 2.45) is 0 Å². The Bertz CT molecular complexity index is 741. The summed E-state index contributed by atoms with van der Waals surface area (Å²) in [4.78, 5) is 34.1. The van der Waals surface area contributed by atoms with E-state index < -0.39 is 17.6 Å². The third-order valence-electron chi connectivity index (χ3n) is 5.07. The van der Waals surface area contributed by atoms with Crippen LogP contribution in [-0.2, 0) is 25.7 Å². The molecule has 0 spiro atoms. The summed E-state index contributed by atoms with van der Waals surface area (Å²) in [5.41, 5.74) is 2.09. The Labute approximate surface area is 164 Å². The summed E-state index contributed by atoms with van der Waals surface area (Å²) >= 11 is 0. The van der Waals surface area contributed by atoms with Crippen LogP contribution in [0.25, 0.3) is 0 Å². The number of hydrogen-bond acceptors (Lipinski definition) is 6. The predicted octanol–water partition coefficient (Wildman–Crippen LogP) is 0.872. The number of aryl methyl sites for hydroxylation is 1. The molecule has 0 bridgehead atoms. The molecular formula is C20H27N3O5. The molecule has 0 aromatic heterocycles. The molecule has 0 unspecified atom stereocenters. The number of morpholine rings is 1. The highest BCUT2D eigenvalue weighted by Crippen LogP contribution is 2.20. The van der Waals surface area contributed by atoms with Crippen molar-refractivity contribution >= 4 is 11.8 Å². The van der Waals surface area contributed by atoms with Crippen molar-refractivity contribution in [1.82, 2.24) is 14.9 Å². The van der Waals surface area contributed by atoms with Gasteiger partial charge in [0.2, 0.25) is 0 Å². The van der Waals surface area contributed by atoms with Gasteiger partial charge < -0.3 is 14.7 Å². The Kier molecular flexibility index (Phi) is 6.66. The highest BCUT2D eigenvalue weighted by Gasteiger charge is 2.36. The van der Waals surface area contributed by atoms with Crippen molar-refractivity contribution in [3.8, 4) is 0 Å². The van der Waals surface area contributed by atoms with Gasteiger partial charge in [-0.15, -0.1) is 0 Å². The molecule has 8 heteroatoms. The number of ether oxygens (including phenoxy) is 1. The first kappa shape index (κ1) is 20.3. The summed E-state index contributed by atoms with van der Waals surface area (Å²) < 4.78 is 5.32. The normalized spacial score (nSPS) is 18.1. The molecule has 1 aromatic rings. The molecule has 0 aliphatic carbocycles. The lowest BCUT2D eigenvalue weighted by atomic mass is 10.1. The highest BCUT2D eigenvalue weighted by atomic mass is 16.7. The van der Waals surface area contributed by atoms with Gasteiger partial charge in [0.05, 0.1) is 39.0 Å². The monoisotopic (exact) mass is 389 g/mol. The van der Waals surface area contributed by atoms with Crippen LogP contribution in [0.5, 0.6) is 0 Å². The topological polar surface area (TPSA) is 82.5 Å². The van der Waals surface area contributed by atoms with E-state index in [1.807, 2.05) is 31.2 Å². The fourth-order valence-electron chi connectivity index (χ4n) is 3.28. The molecule has 8 nitrogen and oxygen atoms in total. The van der Waals surface area contributed by atoms with Gasteiger partial charge >= 0.3 is 0 Å². The zero-order chi connectivity index (χ0) is 20.1. The van der Waals surface area contributed by atoms with Crippen LogP contribution in [0.3, 0.4) is 0 Å². The van der Waals surface area contributed by atoms with Gasteiger partial charge in [-0.3, -0.25) is 19.3 Å². The molecule has 2 heterocycles. The molecule has 28 heavy (non-hydrogen) atoms. The van der Waals surface area contributed by atoms with Crippen molar-refractivity contribution in [3.05, 3.63) is 46.7 Å². The third-order valence-corrected chi connectivity index (χ3v) is 5.07. The number of benzene rings is 1. The first-order chi connectivity index (χ1) is 13.5. The summed E-state index contributed by atoms with van der Waals surface area (Å²) in [6, 6.07) is 7.74. The SMILES string of the molecule is CON(Cc1ccc(C)cc1)C(=O)C1=C(O)C(=O)N(CCN2CCOCC2)C1. The number of carbonyl (C=O) groups excluding carboxylic acids is 2. The van der Waals surface area contributed by atoms with Crippen molar-refractivity contribution in [3.63, 3.8) is 0 Å². The van der Waals surface area contributed by atoms with E-state index >= 15 is 0 Å². The molecule has 3 rings (SSSR count). The van der Waals surface area contributed by atoms with E-state index in [2.05, 4.69) is 4.90 Å². The number of hydroxylamine groups is 2. The minimum atomic E-state index is -0.511. The molecule has 2 aliphatic heterocycles. The second kappa shape index (κ2) is 9.18. The molecule has 152 valence electrons. The van der Waals surface area contributed by atoms with E-state index in [1.54, 1.807) is 0 Å². The van der Waals surface area contributed by atoms with Crippen LogP contribution < -0.4 is 0 Å². The lowest BCUT2D eigenvalue weighted by molar-refractivity contribution is -0.174. The van der Waals surface area contributed by atoms with Crippen molar-refractivity contribution in [1.29, 1.82) is 0 Å². The van der Waals surface area contributed by atoms with Crippen LogP contribution in [0, 0.1) is 6.92 Å². The maximum Gasteiger partial charge on any atom is 0.289 e. The van der Waals surface area contributed by atoms with Crippen LogP contribution in [0.4, 0.5) is 0 Å². The molecule has 1 saturated heterocycles. The van der Waals surface area contributed by atoms with E-state index in [4.69, 9.17) is 9.57 Å². The van der Waals surface area contributed by atoms with Gasteiger partial charge in [-0.25, -0.2) is 5.06 Å². The number of hydrogen-bond donors (Lipinski definition) is 1. The number of aliphatic hydroxyl groups is 1. The van der Waals surface area contributed by atoms with Gasteiger partial charge in [-0.05, 0) is 12.5 Å². The molecule has 2 aliphatic rings. The van der Waals surface area contributed by atoms with E-state index in [0.717, 1.165) is 29.3 Å².